The van der Waals surface area contributed by atoms with Crippen LogP contribution in [0.3, 0.4) is 0 Å². The zero-order valence-electron chi connectivity index (χ0n) is 30.0. The molecule has 1 aliphatic heterocycles. The first-order chi connectivity index (χ1) is 25.4. The fourth-order valence-electron chi connectivity index (χ4n) is 7.25. The predicted molar refractivity (Wildman–Crippen MR) is 199 cm³/mol. The molecule has 53 heavy (non-hydrogen) atoms. The summed E-state index contributed by atoms with van der Waals surface area (Å²) < 4.78 is 32.0. The van der Waals surface area contributed by atoms with E-state index in [0.717, 1.165) is 31.0 Å². The van der Waals surface area contributed by atoms with Crippen molar-refractivity contribution in [2.75, 3.05) is 18.8 Å². The summed E-state index contributed by atoms with van der Waals surface area (Å²) in [4.78, 5) is 26.2. The number of anilines is 1. The lowest BCUT2D eigenvalue weighted by atomic mass is 9.90. The van der Waals surface area contributed by atoms with Crippen molar-refractivity contribution in [1.29, 1.82) is 0 Å². The Hall–Kier alpha value is -5.39. The topological polar surface area (TPSA) is 142 Å². The van der Waals surface area contributed by atoms with Gasteiger partial charge in [0.25, 0.3) is 5.91 Å². The highest BCUT2D eigenvalue weighted by Crippen LogP contribution is 2.42. The van der Waals surface area contributed by atoms with E-state index in [0.29, 0.717) is 19.0 Å². The van der Waals surface area contributed by atoms with Crippen LogP contribution >= 0.6 is 0 Å². The monoisotopic (exact) mass is 722 g/mol. The molecule has 7 rings (SSSR count). The summed E-state index contributed by atoms with van der Waals surface area (Å²) in [5.41, 5.74) is 16.8. The van der Waals surface area contributed by atoms with Gasteiger partial charge in [0.05, 0.1) is 17.6 Å². The average Bonchev–Trinajstić information content (AvgIpc) is 3.78. The largest absolute Gasteiger partial charge is 0.481 e. The molecule has 0 bridgehead atoms. The van der Waals surface area contributed by atoms with Crippen molar-refractivity contribution in [2.24, 2.45) is 5.92 Å². The van der Waals surface area contributed by atoms with Gasteiger partial charge in [-0.1, -0.05) is 65.8 Å². The Morgan fingerprint density at radius 1 is 0.981 bits per heavy atom. The molecule has 0 unspecified atom stereocenters. The fraction of sp³-hybridized carbons (Fsp3) is 0.310. The maximum Gasteiger partial charge on any atom is 0.309 e. The minimum atomic E-state index is -1.06. The third-order valence-corrected chi connectivity index (χ3v) is 10.5. The molecule has 1 aliphatic carbocycles. The Kier molecular flexibility index (Phi) is 11.4. The van der Waals surface area contributed by atoms with Gasteiger partial charge >= 0.3 is 5.97 Å². The second-order valence-corrected chi connectivity index (χ2v) is 13.9. The summed E-state index contributed by atoms with van der Waals surface area (Å²) in [5, 5.41) is 25.6. The summed E-state index contributed by atoms with van der Waals surface area (Å²) in [5.74, 6) is -4.23. The quantitative estimate of drug-likeness (QED) is 0.119. The number of nitrogens with two attached hydrogens (primary N) is 1. The molecule has 0 spiro atoms. The molecule has 4 aromatic carbocycles. The van der Waals surface area contributed by atoms with Crippen molar-refractivity contribution in [3.63, 3.8) is 0 Å². The fourth-order valence-corrected chi connectivity index (χ4v) is 7.25. The van der Waals surface area contributed by atoms with E-state index in [1.807, 2.05) is 11.8 Å². The molecule has 2 heterocycles. The van der Waals surface area contributed by atoms with Gasteiger partial charge in [-0.2, -0.15) is 0 Å². The van der Waals surface area contributed by atoms with Crippen LogP contribution < -0.4 is 11.1 Å². The molecule has 1 saturated heterocycles. The van der Waals surface area contributed by atoms with Crippen LogP contribution in [0, 0.1) is 24.5 Å². The van der Waals surface area contributed by atoms with Crippen molar-refractivity contribution in [3.05, 3.63) is 130 Å². The number of likely N-dealkylation sites (tertiary alicyclic amines) is 1. The molecule has 9 nitrogen and oxygen atoms in total. The molecule has 0 radical (unpaired) electrons. The number of aliphatic hydroxyl groups excluding tert-OH is 1. The molecular weight excluding hydrogens is 678 g/mol. The second kappa shape index (κ2) is 16.1. The number of aliphatic carboxylic acids is 1. The number of halogens is 2. The Morgan fingerprint density at radius 3 is 2.43 bits per heavy atom. The zero-order chi connectivity index (χ0) is 37.8. The van der Waals surface area contributed by atoms with Gasteiger partial charge in [0, 0.05) is 49.4 Å². The Morgan fingerprint density at radius 2 is 1.72 bits per heavy atom. The van der Waals surface area contributed by atoms with E-state index < -0.39 is 41.6 Å². The number of aromatic nitrogens is 1. The minimum Gasteiger partial charge on any atom is -0.481 e. The molecule has 1 fully saturated rings. The first kappa shape index (κ1) is 37.4. The van der Waals surface area contributed by atoms with E-state index in [1.165, 1.54) is 51.1 Å². The Bertz CT molecular complexity index is 2100. The lowest BCUT2D eigenvalue weighted by molar-refractivity contribution is -0.145. The summed E-state index contributed by atoms with van der Waals surface area (Å²) in [6, 6.07) is 24.9. The lowest BCUT2D eigenvalue weighted by Gasteiger charge is -2.40. The number of nitrogens with zero attached hydrogens (tertiary/aromatic N) is 2. The van der Waals surface area contributed by atoms with Crippen molar-refractivity contribution >= 4 is 17.6 Å². The summed E-state index contributed by atoms with van der Waals surface area (Å²) >= 11 is 0. The van der Waals surface area contributed by atoms with Crippen LogP contribution in [-0.2, 0) is 24.1 Å². The van der Waals surface area contributed by atoms with Gasteiger partial charge in [-0.25, -0.2) is 8.78 Å². The third-order valence-electron chi connectivity index (χ3n) is 10.5. The highest BCUT2D eigenvalue weighted by molar-refractivity contribution is 5.93. The number of carbonyl (C=O) groups is 2. The third kappa shape index (κ3) is 8.32. The molecule has 2 aliphatic rings. The SMILES string of the molecule is C[C@H](O)[C@@H](C)N1CC[C@H](NC(=O)c2cc(-c3ccc(F)cc3F)on2)[C@@H](C(=O)O)C1.Cc1cc2c(c(N)c1CCc1ccccc1)Cc1ccccc1-2. The zero-order valence-corrected chi connectivity index (χ0v) is 30.0. The second-order valence-electron chi connectivity index (χ2n) is 13.9. The number of aryl methyl sites for hydroxylation is 2. The van der Waals surface area contributed by atoms with E-state index >= 15 is 0 Å². The van der Waals surface area contributed by atoms with Crippen molar-refractivity contribution in [2.45, 2.75) is 64.6 Å². The van der Waals surface area contributed by atoms with E-state index in [-0.39, 0.29) is 29.6 Å². The normalized spacial score (nSPS) is 17.5. The van der Waals surface area contributed by atoms with Gasteiger partial charge in [-0.05, 0) is 91.1 Å². The standard InChI is InChI=1S/C22H21N.C20H23F2N3O5/c1-15-13-20-19-10-6-5-9-17(19)14-21(20)22(23)18(15)12-11-16-7-3-2-4-8-16;1-10(11(2)26)25-6-5-16(14(9-25)20(28)29)23-19(27)17-8-18(30-24-17)13-4-3-12(21)7-15(13)22/h2-10,13H,11-12,14,23H2,1H3;3-4,7-8,10-11,14,16,26H,5-6,9H2,1-2H3,(H,23,27)(H,28,29)/t;10-,11+,14+,16+/m.1/s1. The van der Waals surface area contributed by atoms with Gasteiger partial charge in [0.1, 0.15) is 11.6 Å². The van der Waals surface area contributed by atoms with Crippen LogP contribution in [0.1, 0.15) is 58.6 Å². The number of aliphatic hydroxyl groups is 1. The van der Waals surface area contributed by atoms with Gasteiger partial charge in [-0.3, -0.25) is 14.5 Å². The van der Waals surface area contributed by atoms with Crippen molar-refractivity contribution in [3.8, 4) is 22.5 Å². The maximum atomic E-state index is 13.9. The van der Waals surface area contributed by atoms with E-state index in [1.54, 1.807) is 6.92 Å². The molecule has 1 amide bonds. The van der Waals surface area contributed by atoms with E-state index in [9.17, 15) is 28.6 Å². The molecular formula is C42H44F2N4O5. The van der Waals surface area contributed by atoms with Crippen LogP contribution in [0.15, 0.2) is 89.5 Å². The van der Waals surface area contributed by atoms with Crippen LogP contribution in [0.4, 0.5) is 14.5 Å². The molecule has 4 atom stereocenters. The summed E-state index contributed by atoms with van der Waals surface area (Å²) in [7, 11) is 0. The highest BCUT2D eigenvalue weighted by atomic mass is 19.1. The number of hydrogen-bond donors (Lipinski definition) is 4. The van der Waals surface area contributed by atoms with Crippen molar-refractivity contribution < 1.29 is 33.1 Å². The average molecular weight is 723 g/mol. The summed E-state index contributed by atoms with van der Waals surface area (Å²) in [6.45, 7) is 6.33. The van der Waals surface area contributed by atoms with Gasteiger partial charge < -0.3 is 25.8 Å². The number of carbonyl (C=O) groups excluding carboxylic acids is 1. The predicted octanol–water partition coefficient (Wildman–Crippen LogP) is 6.83. The highest BCUT2D eigenvalue weighted by Gasteiger charge is 2.38. The first-order valence-corrected chi connectivity index (χ1v) is 17.8. The number of nitrogen functional groups attached to an aromatic ring is 1. The number of amides is 1. The van der Waals surface area contributed by atoms with Gasteiger partial charge in [-0.15, -0.1) is 0 Å². The number of rotatable bonds is 9. The van der Waals surface area contributed by atoms with Crippen LogP contribution in [-0.4, -0.2) is 63.4 Å². The minimum absolute atomic E-state index is 0.0481. The van der Waals surface area contributed by atoms with Gasteiger partial charge in [0.2, 0.25) is 0 Å². The molecule has 276 valence electrons. The van der Waals surface area contributed by atoms with E-state index in [2.05, 4.69) is 78.1 Å². The number of piperidine rings is 1. The van der Waals surface area contributed by atoms with E-state index in [4.69, 9.17) is 10.3 Å². The number of carboxylic acids is 1. The number of carboxylic acid groups (broad SMARTS) is 1. The Labute approximate surface area is 307 Å². The first-order valence-electron chi connectivity index (χ1n) is 17.8. The molecule has 1 aromatic heterocycles. The van der Waals surface area contributed by atoms with Crippen molar-refractivity contribution in [1.82, 2.24) is 15.4 Å². The molecule has 5 N–H and O–H groups in total. The summed E-state index contributed by atoms with van der Waals surface area (Å²) in [6.07, 6.45) is 2.77. The molecule has 11 heteroatoms. The smallest absolute Gasteiger partial charge is 0.309 e. The molecule has 0 saturated carbocycles. The maximum absolute atomic E-state index is 13.9. The number of nitrogens with one attached hydrogen (secondary N) is 1. The van der Waals surface area contributed by atoms with Crippen LogP contribution in [0.25, 0.3) is 22.5 Å². The number of benzene rings is 4. The molecule has 5 aromatic rings. The number of hydrogen-bond acceptors (Lipinski definition) is 7. The van der Waals surface area contributed by atoms with Crippen LogP contribution in [0.5, 0.6) is 0 Å². The Balaban J connectivity index is 0.000000187. The van der Waals surface area contributed by atoms with Crippen LogP contribution in [0.2, 0.25) is 0 Å². The van der Waals surface area contributed by atoms with Gasteiger partial charge in [0.15, 0.2) is 11.5 Å². The lowest BCUT2D eigenvalue weighted by Crippen LogP contribution is -2.56. The number of fused-ring (bicyclic) bond motifs is 3.